The first-order valence-corrected chi connectivity index (χ1v) is 6.60. The Bertz CT molecular complexity index is 528. The van der Waals surface area contributed by atoms with Gasteiger partial charge in [0, 0.05) is 16.9 Å². The van der Waals surface area contributed by atoms with E-state index < -0.39 is 0 Å². The SMILES string of the molecule is Cc1cncc(C(Cc2cccc(Br)c2)NN)c1. The Morgan fingerprint density at radius 1 is 1.33 bits per heavy atom. The molecule has 18 heavy (non-hydrogen) atoms. The van der Waals surface area contributed by atoms with Crippen molar-refractivity contribution in [1.82, 2.24) is 10.4 Å². The average molecular weight is 306 g/mol. The lowest BCUT2D eigenvalue weighted by Gasteiger charge is -2.16. The van der Waals surface area contributed by atoms with Crippen molar-refractivity contribution in [2.45, 2.75) is 19.4 Å². The van der Waals surface area contributed by atoms with Gasteiger partial charge in [0.2, 0.25) is 0 Å². The highest BCUT2D eigenvalue weighted by atomic mass is 79.9. The normalized spacial score (nSPS) is 12.4. The number of nitrogens with zero attached hydrogens (tertiary/aromatic N) is 1. The number of pyridine rings is 1. The summed E-state index contributed by atoms with van der Waals surface area (Å²) in [6.07, 6.45) is 4.53. The average Bonchev–Trinajstić information content (AvgIpc) is 2.36. The number of aromatic nitrogens is 1. The molecule has 3 N–H and O–H groups in total. The molecule has 0 aliphatic carbocycles. The van der Waals surface area contributed by atoms with Gasteiger partial charge >= 0.3 is 0 Å². The third-order valence-electron chi connectivity index (χ3n) is 2.83. The Morgan fingerprint density at radius 2 is 2.17 bits per heavy atom. The Labute approximate surface area is 116 Å². The van der Waals surface area contributed by atoms with Gasteiger partial charge in [-0.3, -0.25) is 16.3 Å². The fourth-order valence-corrected chi connectivity index (χ4v) is 2.39. The molecular formula is C14H16BrN3. The lowest BCUT2D eigenvalue weighted by atomic mass is 10.00. The number of hydrogen-bond donors (Lipinski definition) is 2. The second kappa shape index (κ2) is 6.09. The van der Waals surface area contributed by atoms with Gasteiger partial charge < -0.3 is 0 Å². The fourth-order valence-electron chi connectivity index (χ4n) is 1.94. The van der Waals surface area contributed by atoms with E-state index in [2.05, 4.69) is 44.5 Å². The Morgan fingerprint density at radius 3 is 2.83 bits per heavy atom. The second-order valence-corrected chi connectivity index (χ2v) is 5.26. The van der Waals surface area contributed by atoms with Gasteiger partial charge in [0.05, 0.1) is 6.04 Å². The lowest BCUT2D eigenvalue weighted by molar-refractivity contribution is 0.550. The smallest absolute Gasteiger partial charge is 0.0515 e. The van der Waals surface area contributed by atoms with Crippen LogP contribution in [0.3, 0.4) is 0 Å². The van der Waals surface area contributed by atoms with Crippen LogP contribution in [0, 0.1) is 6.92 Å². The second-order valence-electron chi connectivity index (χ2n) is 4.35. The number of hydrogen-bond acceptors (Lipinski definition) is 3. The highest BCUT2D eigenvalue weighted by Gasteiger charge is 2.11. The molecule has 0 amide bonds. The largest absolute Gasteiger partial charge is 0.271 e. The topological polar surface area (TPSA) is 50.9 Å². The molecule has 0 bridgehead atoms. The molecule has 0 saturated carbocycles. The quantitative estimate of drug-likeness (QED) is 0.674. The molecule has 0 spiro atoms. The molecule has 0 aliphatic heterocycles. The van der Waals surface area contributed by atoms with Gasteiger partial charge in [0.25, 0.3) is 0 Å². The predicted molar refractivity (Wildman–Crippen MR) is 76.9 cm³/mol. The Kier molecular flexibility index (Phi) is 4.47. The highest BCUT2D eigenvalue weighted by Crippen LogP contribution is 2.20. The molecule has 1 aromatic heterocycles. The van der Waals surface area contributed by atoms with Crippen LogP contribution in [0.5, 0.6) is 0 Å². The minimum atomic E-state index is 0.0756. The van der Waals surface area contributed by atoms with Crippen molar-refractivity contribution in [3.8, 4) is 0 Å². The number of rotatable bonds is 4. The summed E-state index contributed by atoms with van der Waals surface area (Å²) in [5.74, 6) is 5.65. The number of hydrazine groups is 1. The Balaban J connectivity index is 2.19. The van der Waals surface area contributed by atoms with Crippen LogP contribution in [-0.4, -0.2) is 4.98 Å². The van der Waals surface area contributed by atoms with Crippen molar-refractivity contribution >= 4 is 15.9 Å². The van der Waals surface area contributed by atoms with E-state index in [4.69, 9.17) is 5.84 Å². The molecule has 1 heterocycles. The van der Waals surface area contributed by atoms with E-state index in [0.29, 0.717) is 0 Å². The van der Waals surface area contributed by atoms with E-state index in [1.54, 1.807) is 0 Å². The van der Waals surface area contributed by atoms with Crippen molar-refractivity contribution in [1.29, 1.82) is 0 Å². The van der Waals surface area contributed by atoms with Crippen LogP contribution in [0.1, 0.15) is 22.7 Å². The molecule has 4 heteroatoms. The van der Waals surface area contributed by atoms with Gasteiger partial charge in [-0.15, -0.1) is 0 Å². The highest BCUT2D eigenvalue weighted by molar-refractivity contribution is 9.10. The van der Waals surface area contributed by atoms with Crippen LogP contribution in [-0.2, 0) is 6.42 Å². The summed E-state index contributed by atoms with van der Waals surface area (Å²) in [4.78, 5) is 4.21. The Hall–Kier alpha value is -1.23. The van der Waals surface area contributed by atoms with Crippen molar-refractivity contribution in [3.05, 3.63) is 63.9 Å². The monoisotopic (exact) mass is 305 g/mol. The summed E-state index contributed by atoms with van der Waals surface area (Å²) in [7, 11) is 0. The molecule has 1 aromatic carbocycles. The molecule has 1 atom stereocenters. The van der Waals surface area contributed by atoms with Crippen LogP contribution in [0.15, 0.2) is 47.2 Å². The molecular weight excluding hydrogens is 290 g/mol. The molecule has 0 radical (unpaired) electrons. The van der Waals surface area contributed by atoms with Crippen molar-refractivity contribution in [3.63, 3.8) is 0 Å². The van der Waals surface area contributed by atoms with Gasteiger partial charge in [0.15, 0.2) is 0 Å². The lowest BCUT2D eigenvalue weighted by Crippen LogP contribution is -2.29. The summed E-state index contributed by atoms with van der Waals surface area (Å²) < 4.78 is 1.08. The summed E-state index contributed by atoms with van der Waals surface area (Å²) in [6, 6.07) is 10.4. The summed E-state index contributed by atoms with van der Waals surface area (Å²) >= 11 is 3.48. The molecule has 2 aromatic rings. The molecule has 0 fully saturated rings. The van der Waals surface area contributed by atoms with Crippen LogP contribution in [0.2, 0.25) is 0 Å². The van der Waals surface area contributed by atoms with Crippen LogP contribution in [0.25, 0.3) is 0 Å². The maximum Gasteiger partial charge on any atom is 0.0515 e. The van der Waals surface area contributed by atoms with E-state index in [9.17, 15) is 0 Å². The first-order chi connectivity index (χ1) is 8.69. The number of aryl methyl sites for hydroxylation is 1. The predicted octanol–water partition coefficient (Wildman–Crippen LogP) is 2.90. The van der Waals surface area contributed by atoms with E-state index in [1.807, 2.05) is 31.5 Å². The van der Waals surface area contributed by atoms with E-state index in [-0.39, 0.29) is 6.04 Å². The minimum absolute atomic E-state index is 0.0756. The molecule has 0 saturated heterocycles. The van der Waals surface area contributed by atoms with Crippen molar-refractivity contribution in [2.24, 2.45) is 5.84 Å². The van der Waals surface area contributed by atoms with Crippen LogP contribution < -0.4 is 11.3 Å². The summed E-state index contributed by atoms with van der Waals surface area (Å²) in [5.41, 5.74) is 6.34. The maximum absolute atomic E-state index is 5.65. The van der Waals surface area contributed by atoms with Gasteiger partial charge in [-0.1, -0.05) is 34.1 Å². The zero-order valence-corrected chi connectivity index (χ0v) is 11.8. The van der Waals surface area contributed by atoms with E-state index >= 15 is 0 Å². The van der Waals surface area contributed by atoms with Crippen LogP contribution in [0.4, 0.5) is 0 Å². The third kappa shape index (κ3) is 3.38. The minimum Gasteiger partial charge on any atom is -0.271 e. The fraction of sp³-hybridized carbons (Fsp3) is 0.214. The number of benzene rings is 1. The number of nitrogens with one attached hydrogen (secondary N) is 1. The molecule has 2 rings (SSSR count). The molecule has 0 aliphatic rings. The van der Waals surface area contributed by atoms with E-state index in [0.717, 1.165) is 22.0 Å². The first kappa shape index (κ1) is 13.2. The van der Waals surface area contributed by atoms with Gasteiger partial charge in [0.1, 0.15) is 0 Å². The molecule has 3 nitrogen and oxygen atoms in total. The molecule has 1 unspecified atom stereocenters. The standard InChI is InChI=1S/C14H16BrN3/c1-10-5-12(9-17-8-10)14(18-16)7-11-3-2-4-13(15)6-11/h2-6,8-9,14,18H,7,16H2,1H3. The number of nitrogens with two attached hydrogens (primary N) is 1. The number of halogens is 1. The van der Waals surface area contributed by atoms with Gasteiger partial charge in [-0.25, -0.2) is 0 Å². The maximum atomic E-state index is 5.65. The van der Waals surface area contributed by atoms with Gasteiger partial charge in [-0.2, -0.15) is 0 Å². The van der Waals surface area contributed by atoms with Gasteiger partial charge in [-0.05, 0) is 42.2 Å². The van der Waals surface area contributed by atoms with Crippen molar-refractivity contribution in [2.75, 3.05) is 0 Å². The summed E-state index contributed by atoms with van der Waals surface area (Å²) in [6.45, 7) is 2.03. The summed E-state index contributed by atoms with van der Waals surface area (Å²) in [5, 5.41) is 0. The molecule has 94 valence electrons. The van der Waals surface area contributed by atoms with E-state index in [1.165, 1.54) is 5.56 Å². The van der Waals surface area contributed by atoms with Crippen LogP contribution >= 0.6 is 15.9 Å². The zero-order chi connectivity index (χ0) is 13.0. The zero-order valence-electron chi connectivity index (χ0n) is 10.2. The van der Waals surface area contributed by atoms with Crippen molar-refractivity contribution < 1.29 is 0 Å². The first-order valence-electron chi connectivity index (χ1n) is 5.81. The third-order valence-corrected chi connectivity index (χ3v) is 3.32.